The highest BCUT2D eigenvalue weighted by molar-refractivity contribution is 6.43. The lowest BCUT2D eigenvalue weighted by molar-refractivity contribution is -0.142. The number of rotatable bonds is 7. The van der Waals surface area contributed by atoms with Gasteiger partial charge in [-0.25, -0.2) is 4.79 Å². The fourth-order valence-corrected chi connectivity index (χ4v) is 4.16. The van der Waals surface area contributed by atoms with E-state index in [1.54, 1.807) is 20.8 Å². The lowest BCUT2D eigenvalue weighted by Gasteiger charge is -2.36. The molecular weight excluding hydrogens is 413 g/mol. The third-order valence-electron chi connectivity index (χ3n) is 6.11. The summed E-state index contributed by atoms with van der Waals surface area (Å²) in [6.07, 6.45) is 4.13. The molecule has 2 rings (SSSR count). The summed E-state index contributed by atoms with van der Waals surface area (Å²) in [5, 5.41) is 24.9. The second-order valence-corrected chi connectivity index (χ2v) is 11.2. The molecule has 182 valence electrons. The van der Waals surface area contributed by atoms with Gasteiger partial charge in [0.25, 0.3) is 0 Å². The van der Waals surface area contributed by atoms with Gasteiger partial charge >= 0.3 is 13.2 Å². The number of hydrogen-bond acceptors (Lipinski definition) is 6. The van der Waals surface area contributed by atoms with Crippen LogP contribution >= 0.6 is 0 Å². The zero-order chi connectivity index (χ0) is 24.3. The first-order valence-electron chi connectivity index (χ1n) is 11.7. The molecule has 1 aliphatic heterocycles. The quantitative estimate of drug-likeness (QED) is 0.434. The Kier molecular flexibility index (Phi) is 8.61. The van der Waals surface area contributed by atoms with E-state index in [-0.39, 0.29) is 5.91 Å². The fourth-order valence-electron chi connectivity index (χ4n) is 4.16. The molecule has 2 fully saturated rings. The smallest absolute Gasteiger partial charge is 0.444 e. The number of hydrogen-bond donors (Lipinski definition) is 4. The Morgan fingerprint density at radius 2 is 1.66 bits per heavy atom. The molecule has 0 aromatic heterocycles. The van der Waals surface area contributed by atoms with Gasteiger partial charge < -0.3 is 30.3 Å². The standard InChI is InChI=1S/C22H40BN3O6/c1-21(2,3)17(25-20(29)32-22(4,5)6)19(28)26-12-8-11-15(26)18(27)24-16(23(30)31)13-14-9-7-10-14/h14-17,30-31H,7-13H2,1-6H3,(H,24,27)(H,25,29). The second-order valence-electron chi connectivity index (χ2n) is 11.2. The minimum absolute atomic E-state index is 0.346. The molecule has 3 atom stereocenters. The summed E-state index contributed by atoms with van der Waals surface area (Å²) in [6, 6.07) is -1.59. The van der Waals surface area contributed by atoms with Gasteiger partial charge in [-0.3, -0.25) is 9.59 Å². The van der Waals surface area contributed by atoms with Gasteiger partial charge in [0, 0.05) is 6.54 Å². The van der Waals surface area contributed by atoms with E-state index in [1.165, 1.54) is 4.90 Å². The number of nitrogens with one attached hydrogen (secondary N) is 2. The highest BCUT2D eigenvalue weighted by Gasteiger charge is 2.43. The fraction of sp³-hybridized carbons (Fsp3) is 0.864. The van der Waals surface area contributed by atoms with Crippen molar-refractivity contribution in [3.05, 3.63) is 0 Å². The van der Waals surface area contributed by atoms with Gasteiger partial charge in [0.15, 0.2) is 0 Å². The third kappa shape index (κ3) is 7.37. The van der Waals surface area contributed by atoms with Crippen LogP contribution in [0.25, 0.3) is 0 Å². The summed E-state index contributed by atoms with van der Waals surface area (Å²) in [4.78, 5) is 40.3. The Labute approximate surface area is 191 Å². The van der Waals surface area contributed by atoms with Crippen molar-refractivity contribution in [1.82, 2.24) is 15.5 Å². The molecule has 3 unspecified atom stereocenters. The maximum atomic E-state index is 13.4. The Morgan fingerprint density at radius 1 is 1.03 bits per heavy atom. The van der Waals surface area contributed by atoms with Gasteiger partial charge in [-0.1, -0.05) is 40.0 Å². The minimum Gasteiger partial charge on any atom is -0.444 e. The summed E-state index contributed by atoms with van der Waals surface area (Å²) >= 11 is 0. The maximum Gasteiger partial charge on any atom is 0.475 e. The first-order chi connectivity index (χ1) is 14.7. The monoisotopic (exact) mass is 453 g/mol. The number of nitrogens with zero attached hydrogens (tertiary/aromatic N) is 1. The van der Waals surface area contributed by atoms with E-state index in [0.717, 1.165) is 19.3 Å². The average Bonchev–Trinajstić information content (AvgIpc) is 3.08. The van der Waals surface area contributed by atoms with Crippen molar-refractivity contribution in [3.8, 4) is 0 Å². The van der Waals surface area contributed by atoms with E-state index >= 15 is 0 Å². The normalized spacial score (nSPS) is 21.4. The lowest BCUT2D eigenvalue weighted by atomic mass is 9.69. The van der Waals surface area contributed by atoms with Crippen LogP contribution in [0.15, 0.2) is 0 Å². The Hall–Kier alpha value is -1.81. The van der Waals surface area contributed by atoms with E-state index in [4.69, 9.17) is 4.74 Å². The van der Waals surface area contributed by atoms with E-state index in [0.29, 0.717) is 31.7 Å². The van der Waals surface area contributed by atoms with Crippen molar-refractivity contribution in [1.29, 1.82) is 0 Å². The SMILES string of the molecule is CC(C)(C)OC(=O)NC(C(=O)N1CCCC1C(=O)NC(CC1CCC1)B(O)O)C(C)(C)C. The highest BCUT2D eigenvalue weighted by Crippen LogP contribution is 2.31. The predicted molar refractivity (Wildman–Crippen MR) is 121 cm³/mol. The predicted octanol–water partition coefficient (Wildman–Crippen LogP) is 1.60. The summed E-state index contributed by atoms with van der Waals surface area (Å²) in [7, 11) is -1.65. The summed E-state index contributed by atoms with van der Waals surface area (Å²) < 4.78 is 5.33. The zero-order valence-corrected chi connectivity index (χ0v) is 20.3. The first-order valence-corrected chi connectivity index (χ1v) is 11.7. The van der Waals surface area contributed by atoms with Crippen LogP contribution in [-0.4, -0.2) is 70.1 Å². The van der Waals surface area contributed by atoms with E-state index in [9.17, 15) is 24.4 Å². The van der Waals surface area contributed by atoms with Crippen LogP contribution in [0.4, 0.5) is 4.79 Å². The van der Waals surface area contributed by atoms with Gasteiger partial charge in [-0.05, 0) is 51.4 Å². The Balaban J connectivity index is 2.09. The molecule has 0 bridgehead atoms. The molecule has 4 N–H and O–H groups in total. The lowest BCUT2D eigenvalue weighted by Crippen LogP contribution is -2.59. The van der Waals surface area contributed by atoms with Crippen molar-refractivity contribution in [2.45, 2.75) is 104 Å². The van der Waals surface area contributed by atoms with Crippen LogP contribution in [0.1, 0.15) is 80.1 Å². The Bertz CT molecular complexity index is 684. The van der Waals surface area contributed by atoms with Crippen molar-refractivity contribution in [2.24, 2.45) is 11.3 Å². The topological polar surface area (TPSA) is 128 Å². The molecular formula is C22H40BN3O6. The van der Waals surface area contributed by atoms with Gasteiger partial charge in [-0.15, -0.1) is 0 Å². The highest BCUT2D eigenvalue weighted by atomic mass is 16.6. The van der Waals surface area contributed by atoms with Crippen LogP contribution in [0.5, 0.6) is 0 Å². The molecule has 32 heavy (non-hydrogen) atoms. The van der Waals surface area contributed by atoms with Crippen molar-refractivity contribution < 1.29 is 29.2 Å². The minimum atomic E-state index is -1.65. The molecule has 1 aliphatic carbocycles. The number of alkyl carbamates (subject to hydrolysis) is 1. The number of carbonyl (C=O) groups excluding carboxylic acids is 3. The largest absolute Gasteiger partial charge is 0.475 e. The molecule has 1 saturated carbocycles. The van der Waals surface area contributed by atoms with Crippen molar-refractivity contribution in [2.75, 3.05) is 6.54 Å². The van der Waals surface area contributed by atoms with Crippen LogP contribution < -0.4 is 10.6 Å². The van der Waals surface area contributed by atoms with Gasteiger partial charge in [0.2, 0.25) is 11.8 Å². The molecule has 9 nitrogen and oxygen atoms in total. The van der Waals surface area contributed by atoms with Crippen LogP contribution in [0, 0.1) is 11.3 Å². The second kappa shape index (κ2) is 10.4. The molecule has 3 amide bonds. The molecule has 0 radical (unpaired) electrons. The summed E-state index contributed by atoms with van der Waals surface area (Å²) in [5.41, 5.74) is -1.31. The number of likely N-dealkylation sites (tertiary alicyclic amines) is 1. The van der Waals surface area contributed by atoms with Crippen molar-refractivity contribution >= 4 is 25.0 Å². The number of amides is 3. The van der Waals surface area contributed by atoms with Crippen LogP contribution in [0.2, 0.25) is 0 Å². The first kappa shape index (κ1) is 26.4. The number of ether oxygens (including phenoxy) is 1. The molecule has 2 aliphatic rings. The van der Waals surface area contributed by atoms with E-state index in [2.05, 4.69) is 10.6 Å². The van der Waals surface area contributed by atoms with Gasteiger partial charge in [0.1, 0.15) is 17.7 Å². The zero-order valence-electron chi connectivity index (χ0n) is 20.3. The summed E-state index contributed by atoms with van der Waals surface area (Å²) in [5.74, 6) is -1.12. The molecule has 0 aromatic carbocycles. The third-order valence-corrected chi connectivity index (χ3v) is 6.11. The van der Waals surface area contributed by atoms with E-state index < -0.39 is 48.2 Å². The molecule has 1 saturated heterocycles. The summed E-state index contributed by atoms with van der Waals surface area (Å²) in [6.45, 7) is 11.2. The van der Waals surface area contributed by atoms with Gasteiger partial charge in [-0.2, -0.15) is 0 Å². The molecule has 10 heteroatoms. The maximum absolute atomic E-state index is 13.4. The van der Waals surface area contributed by atoms with Crippen LogP contribution in [0.3, 0.4) is 0 Å². The molecule has 0 aromatic rings. The number of carbonyl (C=O) groups is 3. The molecule has 0 spiro atoms. The van der Waals surface area contributed by atoms with Crippen LogP contribution in [-0.2, 0) is 14.3 Å². The Morgan fingerprint density at radius 3 is 2.12 bits per heavy atom. The average molecular weight is 453 g/mol. The van der Waals surface area contributed by atoms with Gasteiger partial charge in [0.05, 0.1) is 5.94 Å². The van der Waals surface area contributed by atoms with E-state index in [1.807, 2.05) is 20.8 Å². The molecule has 1 heterocycles. The van der Waals surface area contributed by atoms with Crippen molar-refractivity contribution in [3.63, 3.8) is 0 Å².